The van der Waals surface area contributed by atoms with E-state index < -0.39 is 6.10 Å². The number of benzene rings is 1. The third-order valence-electron chi connectivity index (χ3n) is 2.63. The molecule has 0 fully saturated rings. The van der Waals surface area contributed by atoms with Crippen LogP contribution in [0.1, 0.15) is 33.3 Å². The highest BCUT2D eigenvalue weighted by Crippen LogP contribution is 2.32. The average Bonchev–Trinajstić information content (AvgIpc) is 2.29. The Labute approximate surface area is 117 Å². The average molecular weight is 315 g/mol. The zero-order chi connectivity index (χ0) is 13.9. The van der Waals surface area contributed by atoms with E-state index in [2.05, 4.69) is 41.4 Å². The molecule has 0 aliphatic carbocycles. The molecule has 100 valence electrons. The van der Waals surface area contributed by atoms with E-state index in [9.17, 15) is 4.79 Å². The van der Waals surface area contributed by atoms with Crippen molar-refractivity contribution in [3.8, 4) is 5.75 Å². The molecule has 0 spiro atoms. The lowest BCUT2D eigenvalue weighted by Crippen LogP contribution is -2.25. The molecule has 0 heterocycles. The molecule has 3 nitrogen and oxygen atoms in total. The van der Waals surface area contributed by atoms with Crippen molar-refractivity contribution in [1.29, 1.82) is 0 Å². The Bertz CT molecular complexity index is 435. The summed E-state index contributed by atoms with van der Waals surface area (Å²) in [7, 11) is 1.35. The molecule has 1 unspecified atom stereocenters. The zero-order valence-corrected chi connectivity index (χ0v) is 13.0. The van der Waals surface area contributed by atoms with Gasteiger partial charge in [-0.3, -0.25) is 0 Å². The molecule has 1 atom stereocenters. The Balaban J connectivity index is 2.90. The number of carbonyl (C=O) groups is 1. The molecule has 0 N–H and O–H groups in total. The molecule has 18 heavy (non-hydrogen) atoms. The first-order valence-electron chi connectivity index (χ1n) is 5.80. The van der Waals surface area contributed by atoms with Gasteiger partial charge in [-0.2, -0.15) is 0 Å². The number of hydrogen-bond donors (Lipinski definition) is 0. The van der Waals surface area contributed by atoms with E-state index in [0.29, 0.717) is 5.75 Å². The Hall–Kier alpha value is -1.03. The predicted molar refractivity (Wildman–Crippen MR) is 74.9 cm³/mol. The van der Waals surface area contributed by atoms with Crippen molar-refractivity contribution in [3.63, 3.8) is 0 Å². The van der Waals surface area contributed by atoms with Crippen LogP contribution < -0.4 is 4.74 Å². The van der Waals surface area contributed by atoms with Gasteiger partial charge in [0.2, 0.25) is 0 Å². The van der Waals surface area contributed by atoms with Crippen molar-refractivity contribution in [2.24, 2.45) is 0 Å². The number of carbonyl (C=O) groups excluding carboxylic acids is 1. The van der Waals surface area contributed by atoms with Crippen molar-refractivity contribution >= 4 is 21.9 Å². The molecular weight excluding hydrogens is 296 g/mol. The molecule has 0 aromatic heterocycles. The normalized spacial score (nSPS) is 13.0. The van der Waals surface area contributed by atoms with Crippen LogP contribution in [-0.4, -0.2) is 19.2 Å². The number of rotatable bonds is 3. The highest BCUT2D eigenvalue weighted by molar-refractivity contribution is 9.10. The molecule has 0 saturated carbocycles. The van der Waals surface area contributed by atoms with Gasteiger partial charge in [0.15, 0.2) is 6.10 Å². The SMILES string of the molecule is COC(=O)C(C)Oc1ccc(C(C)(C)C)cc1Br. The summed E-state index contributed by atoms with van der Waals surface area (Å²) in [6, 6.07) is 5.88. The van der Waals surface area contributed by atoms with E-state index in [4.69, 9.17) is 4.74 Å². The van der Waals surface area contributed by atoms with Crippen LogP contribution in [0.4, 0.5) is 0 Å². The Morgan fingerprint density at radius 3 is 2.39 bits per heavy atom. The van der Waals surface area contributed by atoms with Gasteiger partial charge in [-0.25, -0.2) is 4.79 Å². The number of hydrogen-bond acceptors (Lipinski definition) is 3. The van der Waals surface area contributed by atoms with Gasteiger partial charge in [0, 0.05) is 0 Å². The van der Waals surface area contributed by atoms with Gasteiger partial charge in [-0.05, 0) is 46.0 Å². The van der Waals surface area contributed by atoms with Crippen LogP contribution in [0.3, 0.4) is 0 Å². The maximum absolute atomic E-state index is 11.3. The molecule has 1 aromatic rings. The third kappa shape index (κ3) is 3.73. The number of halogens is 1. The highest BCUT2D eigenvalue weighted by Gasteiger charge is 2.18. The Kier molecular flexibility index (Phi) is 4.79. The van der Waals surface area contributed by atoms with Crippen molar-refractivity contribution in [3.05, 3.63) is 28.2 Å². The Morgan fingerprint density at radius 1 is 1.33 bits per heavy atom. The van der Waals surface area contributed by atoms with Gasteiger partial charge in [0.25, 0.3) is 0 Å². The van der Waals surface area contributed by atoms with Crippen LogP contribution in [0, 0.1) is 0 Å². The quantitative estimate of drug-likeness (QED) is 0.798. The minimum atomic E-state index is -0.619. The summed E-state index contributed by atoms with van der Waals surface area (Å²) in [4.78, 5) is 11.3. The summed E-state index contributed by atoms with van der Waals surface area (Å²) in [6.45, 7) is 8.10. The first-order valence-corrected chi connectivity index (χ1v) is 6.59. The molecular formula is C14H19BrO3. The lowest BCUT2D eigenvalue weighted by atomic mass is 9.87. The van der Waals surface area contributed by atoms with E-state index in [1.807, 2.05) is 18.2 Å². The topological polar surface area (TPSA) is 35.5 Å². The van der Waals surface area contributed by atoms with Crippen molar-refractivity contribution < 1.29 is 14.3 Å². The fraction of sp³-hybridized carbons (Fsp3) is 0.500. The van der Waals surface area contributed by atoms with Crippen molar-refractivity contribution in [1.82, 2.24) is 0 Å². The molecule has 0 amide bonds. The van der Waals surface area contributed by atoms with Gasteiger partial charge in [-0.1, -0.05) is 26.8 Å². The number of ether oxygens (including phenoxy) is 2. The molecule has 1 aromatic carbocycles. The van der Waals surface area contributed by atoms with Gasteiger partial charge >= 0.3 is 5.97 Å². The second kappa shape index (κ2) is 5.74. The van der Waals surface area contributed by atoms with Gasteiger partial charge in [0.1, 0.15) is 5.75 Å². The summed E-state index contributed by atoms with van der Waals surface area (Å²) in [5, 5.41) is 0. The minimum Gasteiger partial charge on any atom is -0.478 e. The summed E-state index contributed by atoms with van der Waals surface area (Å²) < 4.78 is 11.0. The lowest BCUT2D eigenvalue weighted by Gasteiger charge is -2.21. The van der Waals surface area contributed by atoms with Crippen LogP contribution in [0.2, 0.25) is 0 Å². The largest absolute Gasteiger partial charge is 0.478 e. The van der Waals surface area contributed by atoms with Crippen LogP contribution >= 0.6 is 15.9 Å². The maximum atomic E-state index is 11.3. The summed E-state index contributed by atoms with van der Waals surface area (Å²) in [6.07, 6.45) is -0.619. The van der Waals surface area contributed by atoms with Crippen LogP contribution in [0.25, 0.3) is 0 Å². The third-order valence-corrected chi connectivity index (χ3v) is 3.25. The van der Waals surface area contributed by atoms with E-state index in [1.165, 1.54) is 12.7 Å². The first kappa shape index (κ1) is 15.0. The van der Waals surface area contributed by atoms with E-state index >= 15 is 0 Å². The highest BCUT2D eigenvalue weighted by atomic mass is 79.9. The molecule has 4 heteroatoms. The number of methoxy groups -OCH3 is 1. The van der Waals surface area contributed by atoms with Crippen LogP contribution in [-0.2, 0) is 14.9 Å². The number of esters is 1. The Morgan fingerprint density at radius 2 is 1.94 bits per heavy atom. The van der Waals surface area contributed by atoms with Crippen molar-refractivity contribution in [2.45, 2.75) is 39.2 Å². The fourth-order valence-corrected chi connectivity index (χ4v) is 1.94. The molecule has 0 aliphatic rings. The molecule has 1 rings (SSSR count). The van der Waals surface area contributed by atoms with E-state index in [0.717, 1.165) is 4.47 Å². The summed E-state index contributed by atoms with van der Waals surface area (Å²) >= 11 is 3.46. The van der Waals surface area contributed by atoms with Gasteiger partial charge in [0.05, 0.1) is 11.6 Å². The smallest absolute Gasteiger partial charge is 0.346 e. The second-order valence-electron chi connectivity index (χ2n) is 5.18. The summed E-state index contributed by atoms with van der Waals surface area (Å²) in [5.41, 5.74) is 1.28. The molecule has 0 radical (unpaired) electrons. The van der Waals surface area contributed by atoms with E-state index in [1.54, 1.807) is 6.92 Å². The van der Waals surface area contributed by atoms with Gasteiger partial charge in [-0.15, -0.1) is 0 Å². The van der Waals surface area contributed by atoms with E-state index in [-0.39, 0.29) is 11.4 Å². The first-order chi connectivity index (χ1) is 8.25. The minimum absolute atomic E-state index is 0.0784. The van der Waals surface area contributed by atoms with Crippen LogP contribution in [0.15, 0.2) is 22.7 Å². The standard InChI is InChI=1S/C14H19BrO3/c1-9(13(16)17-5)18-12-7-6-10(8-11(12)15)14(2,3)4/h6-9H,1-5H3. The van der Waals surface area contributed by atoms with Crippen LogP contribution in [0.5, 0.6) is 5.75 Å². The maximum Gasteiger partial charge on any atom is 0.346 e. The fourth-order valence-electron chi connectivity index (χ4n) is 1.47. The van der Waals surface area contributed by atoms with Crippen molar-refractivity contribution in [2.75, 3.05) is 7.11 Å². The summed E-state index contributed by atoms with van der Waals surface area (Å²) in [5.74, 6) is 0.252. The molecule has 0 bridgehead atoms. The van der Waals surface area contributed by atoms with Gasteiger partial charge < -0.3 is 9.47 Å². The zero-order valence-electron chi connectivity index (χ0n) is 11.4. The lowest BCUT2D eigenvalue weighted by molar-refractivity contribution is -0.147. The molecule has 0 saturated heterocycles. The monoisotopic (exact) mass is 314 g/mol. The predicted octanol–water partition coefficient (Wildman–Crippen LogP) is 3.69. The molecule has 0 aliphatic heterocycles. The second-order valence-corrected chi connectivity index (χ2v) is 6.03.